The third-order valence-corrected chi connectivity index (χ3v) is 3.31. The molecule has 0 aliphatic heterocycles. The zero-order valence-electron chi connectivity index (χ0n) is 10.7. The van der Waals surface area contributed by atoms with E-state index in [1.165, 1.54) is 0 Å². The maximum absolute atomic E-state index is 12.4. The fourth-order valence-corrected chi connectivity index (χ4v) is 2.41. The third kappa shape index (κ3) is 1.95. The van der Waals surface area contributed by atoms with Crippen molar-refractivity contribution in [2.75, 3.05) is 0 Å². The minimum atomic E-state index is -0.857. The van der Waals surface area contributed by atoms with Crippen molar-refractivity contribution < 1.29 is 9.90 Å². The maximum atomic E-state index is 12.4. The van der Waals surface area contributed by atoms with Crippen LogP contribution in [0.1, 0.15) is 12.8 Å². The van der Waals surface area contributed by atoms with Crippen molar-refractivity contribution in [1.29, 1.82) is 0 Å². The molecule has 0 unspecified atom stereocenters. The zero-order chi connectivity index (χ0) is 14.1. The van der Waals surface area contributed by atoms with Crippen molar-refractivity contribution in [3.8, 4) is 0 Å². The number of nitrogens with zero attached hydrogens (tertiary/aromatic N) is 3. The van der Waals surface area contributed by atoms with E-state index < -0.39 is 5.97 Å². The van der Waals surface area contributed by atoms with Gasteiger partial charge in [-0.1, -0.05) is 0 Å². The van der Waals surface area contributed by atoms with E-state index in [1.807, 2.05) is 22.7 Å². The van der Waals surface area contributed by atoms with Crippen LogP contribution in [0, 0.1) is 0 Å². The van der Waals surface area contributed by atoms with Crippen LogP contribution in [-0.4, -0.2) is 25.0 Å². The van der Waals surface area contributed by atoms with Crippen molar-refractivity contribution in [3.05, 3.63) is 47.1 Å². The number of carbonyl (C=O) groups is 1. The predicted octanol–water partition coefficient (Wildman–Crippen LogP) is 1.51. The summed E-state index contributed by atoms with van der Waals surface area (Å²) >= 11 is 0. The van der Waals surface area contributed by atoms with Crippen molar-refractivity contribution >= 4 is 22.5 Å². The minimum Gasteiger partial charge on any atom is -0.481 e. The second-order valence-electron chi connectivity index (χ2n) is 4.58. The summed E-state index contributed by atoms with van der Waals surface area (Å²) in [4.78, 5) is 27.1. The molecule has 0 aromatic carbocycles. The molecule has 6 nitrogen and oxygen atoms in total. The lowest BCUT2D eigenvalue weighted by Gasteiger charge is -2.11. The molecule has 0 aliphatic carbocycles. The Balaban J connectivity index is 2.19. The van der Waals surface area contributed by atoms with Gasteiger partial charge in [-0.3, -0.25) is 14.6 Å². The molecule has 0 saturated heterocycles. The molecule has 3 aromatic rings. The van der Waals surface area contributed by atoms with Crippen LogP contribution in [0.5, 0.6) is 0 Å². The highest BCUT2D eigenvalue weighted by molar-refractivity contribution is 5.78. The highest BCUT2D eigenvalue weighted by Gasteiger charge is 2.10. The average Bonchev–Trinajstić information content (AvgIpc) is 2.92. The van der Waals surface area contributed by atoms with Crippen LogP contribution in [0.15, 0.2) is 41.6 Å². The summed E-state index contributed by atoms with van der Waals surface area (Å²) in [5.41, 5.74) is 2.06. The van der Waals surface area contributed by atoms with Gasteiger partial charge in [0.25, 0.3) is 5.56 Å². The van der Waals surface area contributed by atoms with Crippen LogP contribution in [0.2, 0.25) is 0 Å². The summed E-state index contributed by atoms with van der Waals surface area (Å²) in [5, 5.41) is 8.71. The van der Waals surface area contributed by atoms with Crippen molar-refractivity contribution in [2.45, 2.75) is 19.4 Å². The van der Waals surface area contributed by atoms with Gasteiger partial charge in [0.2, 0.25) is 0 Å². The summed E-state index contributed by atoms with van der Waals surface area (Å²) in [7, 11) is 0. The number of rotatable bonds is 4. The molecule has 0 radical (unpaired) electrons. The number of carboxylic acid groups (broad SMARTS) is 1. The maximum Gasteiger partial charge on any atom is 0.303 e. The zero-order valence-corrected chi connectivity index (χ0v) is 10.7. The molecular formula is C14H13N3O3. The molecule has 3 heterocycles. The number of aliphatic carboxylic acids is 1. The first-order valence-electron chi connectivity index (χ1n) is 6.34. The van der Waals surface area contributed by atoms with E-state index in [2.05, 4.69) is 4.98 Å². The Labute approximate surface area is 113 Å². The van der Waals surface area contributed by atoms with Crippen LogP contribution in [0.4, 0.5) is 0 Å². The molecule has 0 fully saturated rings. The molecule has 0 bridgehead atoms. The summed E-state index contributed by atoms with van der Waals surface area (Å²) < 4.78 is 3.42. The van der Waals surface area contributed by atoms with Gasteiger partial charge in [-0.2, -0.15) is 0 Å². The monoisotopic (exact) mass is 271 g/mol. The largest absolute Gasteiger partial charge is 0.481 e. The van der Waals surface area contributed by atoms with Gasteiger partial charge in [-0.25, -0.2) is 0 Å². The summed E-state index contributed by atoms with van der Waals surface area (Å²) in [6.07, 6.45) is 5.60. The molecule has 0 saturated carbocycles. The Morgan fingerprint density at radius 2 is 2.10 bits per heavy atom. The molecule has 0 amide bonds. The summed E-state index contributed by atoms with van der Waals surface area (Å²) in [6.45, 7) is 0.370. The lowest BCUT2D eigenvalue weighted by molar-refractivity contribution is -0.137. The molecule has 1 N–H and O–H groups in total. The van der Waals surface area contributed by atoms with E-state index in [0.717, 1.165) is 5.52 Å². The summed E-state index contributed by atoms with van der Waals surface area (Å²) in [5.74, 6) is -0.857. The van der Waals surface area contributed by atoms with Gasteiger partial charge in [0.1, 0.15) is 5.52 Å². The number of hydrogen-bond acceptors (Lipinski definition) is 3. The first-order valence-corrected chi connectivity index (χ1v) is 6.34. The Morgan fingerprint density at radius 1 is 1.25 bits per heavy atom. The molecule has 102 valence electrons. The average molecular weight is 271 g/mol. The van der Waals surface area contributed by atoms with Gasteiger partial charge in [-0.15, -0.1) is 0 Å². The molecule has 0 aliphatic rings. The van der Waals surface area contributed by atoms with E-state index in [9.17, 15) is 9.59 Å². The van der Waals surface area contributed by atoms with E-state index in [1.54, 1.807) is 23.0 Å². The first-order chi connectivity index (χ1) is 9.68. The Kier molecular flexibility index (Phi) is 2.98. The quantitative estimate of drug-likeness (QED) is 0.780. The summed E-state index contributed by atoms with van der Waals surface area (Å²) in [6, 6.07) is 5.42. The van der Waals surface area contributed by atoms with E-state index >= 15 is 0 Å². The fraction of sp³-hybridized carbons (Fsp3) is 0.214. The Hall–Kier alpha value is -2.63. The number of pyridine rings is 1. The molecule has 3 rings (SSSR count). The van der Waals surface area contributed by atoms with Crippen molar-refractivity contribution in [1.82, 2.24) is 14.0 Å². The molecule has 0 spiro atoms. The standard InChI is InChI=1S/C14H13N3O3/c18-13(19)4-2-8-17-12-9-15-6-5-10(12)16-7-1-3-11(16)14(17)20/h1,3,5-7,9H,2,4,8H2,(H,18,19). The van der Waals surface area contributed by atoms with E-state index in [0.29, 0.717) is 24.0 Å². The number of aryl methyl sites for hydroxylation is 1. The topological polar surface area (TPSA) is 76.6 Å². The highest BCUT2D eigenvalue weighted by Crippen LogP contribution is 2.14. The molecular weight excluding hydrogens is 258 g/mol. The van der Waals surface area contributed by atoms with Gasteiger partial charge in [-0.05, 0) is 24.6 Å². The van der Waals surface area contributed by atoms with E-state index in [4.69, 9.17) is 5.11 Å². The fourth-order valence-electron chi connectivity index (χ4n) is 2.41. The van der Waals surface area contributed by atoms with Crippen LogP contribution in [0.25, 0.3) is 16.6 Å². The van der Waals surface area contributed by atoms with Crippen LogP contribution < -0.4 is 5.56 Å². The van der Waals surface area contributed by atoms with E-state index in [-0.39, 0.29) is 12.0 Å². The molecule has 0 atom stereocenters. The number of carboxylic acids is 1. The third-order valence-electron chi connectivity index (χ3n) is 3.31. The second-order valence-corrected chi connectivity index (χ2v) is 4.58. The van der Waals surface area contributed by atoms with Crippen molar-refractivity contribution in [2.24, 2.45) is 0 Å². The van der Waals surface area contributed by atoms with Crippen LogP contribution in [-0.2, 0) is 11.3 Å². The van der Waals surface area contributed by atoms with Gasteiger partial charge >= 0.3 is 5.97 Å². The number of aromatic nitrogens is 3. The van der Waals surface area contributed by atoms with Crippen LogP contribution in [0.3, 0.4) is 0 Å². The lowest BCUT2D eigenvalue weighted by atomic mass is 10.3. The van der Waals surface area contributed by atoms with Gasteiger partial charge in [0, 0.05) is 25.4 Å². The lowest BCUT2D eigenvalue weighted by Crippen LogP contribution is -2.23. The predicted molar refractivity (Wildman–Crippen MR) is 73.8 cm³/mol. The van der Waals surface area contributed by atoms with Gasteiger partial charge in [0.15, 0.2) is 0 Å². The normalized spacial score (nSPS) is 11.2. The second kappa shape index (κ2) is 4.80. The van der Waals surface area contributed by atoms with Crippen LogP contribution >= 0.6 is 0 Å². The SMILES string of the molecule is O=C(O)CCCn1c(=O)c2cccn2c2ccncc21. The Morgan fingerprint density at radius 3 is 2.90 bits per heavy atom. The van der Waals surface area contributed by atoms with Gasteiger partial charge < -0.3 is 14.1 Å². The molecule has 20 heavy (non-hydrogen) atoms. The first kappa shape index (κ1) is 12.4. The Bertz CT molecular complexity index is 848. The highest BCUT2D eigenvalue weighted by atomic mass is 16.4. The molecule has 3 aromatic heterocycles. The smallest absolute Gasteiger partial charge is 0.303 e. The van der Waals surface area contributed by atoms with Crippen molar-refractivity contribution in [3.63, 3.8) is 0 Å². The number of hydrogen-bond donors (Lipinski definition) is 1. The van der Waals surface area contributed by atoms with Gasteiger partial charge in [0.05, 0.1) is 17.2 Å². The minimum absolute atomic E-state index is 0.0421. The number of fused-ring (bicyclic) bond motifs is 3. The molecule has 6 heteroatoms.